The van der Waals surface area contributed by atoms with Crippen molar-refractivity contribution in [2.24, 2.45) is 7.05 Å². The minimum absolute atomic E-state index is 0.0691. The van der Waals surface area contributed by atoms with Crippen molar-refractivity contribution in [3.63, 3.8) is 0 Å². The summed E-state index contributed by atoms with van der Waals surface area (Å²) >= 11 is 5.77. The lowest BCUT2D eigenvalue weighted by molar-refractivity contribution is -0.115. The van der Waals surface area contributed by atoms with E-state index in [2.05, 4.69) is 10.4 Å². The Morgan fingerprint density at radius 2 is 2.12 bits per heavy atom. The molecule has 1 aromatic heterocycles. The molecule has 1 aromatic carbocycles. The average Bonchev–Trinajstić information content (AvgIpc) is 2.67. The van der Waals surface area contributed by atoms with Gasteiger partial charge in [0, 0.05) is 18.3 Å². The van der Waals surface area contributed by atoms with Crippen LogP contribution in [0, 0.1) is 0 Å². The molecule has 0 radical (unpaired) electrons. The minimum atomic E-state index is -0.0691. The summed E-state index contributed by atoms with van der Waals surface area (Å²) in [6.45, 7) is 0. The van der Waals surface area contributed by atoms with E-state index in [0.717, 1.165) is 5.56 Å². The van der Waals surface area contributed by atoms with Crippen molar-refractivity contribution in [3.05, 3.63) is 47.2 Å². The zero-order chi connectivity index (χ0) is 12.3. The van der Waals surface area contributed by atoms with Crippen molar-refractivity contribution in [1.82, 2.24) is 9.78 Å². The van der Waals surface area contributed by atoms with Gasteiger partial charge in [-0.05, 0) is 17.7 Å². The molecule has 0 saturated carbocycles. The van der Waals surface area contributed by atoms with Crippen LogP contribution in [0.2, 0.25) is 5.02 Å². The first-order valence-corrected chi connectivity index (χ1v) is 5.54. The predicted octanol–water partition coefficient (Wildman–Crippen LogP) is 2.25. The van der Waals surface area contributed by atoms with Crippen LogP contribution < -0.4 is 5.32 Å². The van der Waals surface area contributed by atoms with E-state index in [-0.39, 0.29) is 5.91 Å². The largest absolute Gasteiger partial charge is 0.323 e. The summed E-state index contributed by atoms with van der Waals surface area (Å²) in [6, 6.07) is 7.22. The first kappa shape index (κ1) is 11.7. The van der Waals surface area contributed by atoms with Crippen LogP contribution in [0.5, 0.6) is 0 Å². The van der Waals surface area contributed by atoms with E-state index < -0.39 is 0 Å². The van der Waals surface area contributed by atoms with Crippen LogP contribution in [-0.2, 0) is 18.3 Å². The molecule has 0 unspecified atom stereocenters. The van der Waals surface area contributed by atoms with Crippen molar-refractivity contribution in [1.29, 1.82) is 0 Å². The van der Waals surface area contributed by atoms with Gasteiger partial charge < -0.3 is 5.32 Å². The maximum Gasteiger partial charge on any atom is 0.228 e. The number of amides is 1. The third-order valence-electron chi connectivity index (χ3n) is 2.27. The van der Waals surface area contributed by atoms with Crippen LogP contribution in [0.3, 0.4) is 0 Å². The number of carbonyl (C=O) groups is 1. The molecule has 4 nitrogen and oxygen atoms in total. The monoisotopic (exact) mass is 249 g/mol. The number of nitrogens with zero attached hydrogens (tertiary/aromatic N) is 2. The molecule has 0 spiro atoms. The molecule has 0 aliphatic heterocycles. The van der Waals surface area contributed by atoms with E-state index in [1.165, 1.54) is 0 Å². The van der Waals surface area contributed by atoms with Crippen molar-refractivity contribution < 1.29 is 4.79 Å². The zero-order valence-electron chi connectivity index (χ0n) is 9.35. The molecule has 1 amide bonds. The number of aryl methyl sites for hydroxylation is 1. The first-order valence-electron chi connectivity index (χ1n) is 5.16. The predicted molar refractivity (Wildman–Crippen MR) is 67.0 cm³/mol. The molecule has 0 bridgehead atoms. The molecular formula is C12H12ClN3O. The number of nitrogens with one attached hydrogen (secondary N) is 1. The standard InChI is InChI=1S/C12H12ClN3O/c1-16-8-11(7-14-16)15-12(17)6-9-2-4-10(13)5-3-9/h2-5,7-8H,6H2,1H3,(H,15,17). The van der Waals surface area contributed by atoms with Crippen LogP contribution in [0.4, 0.5) is 5.69 Å². The molecule has 0 aliphatic rings. The van der Waals surface area contributed by atoms with Crippen LogP contribution in [0.1, 0.15) is 5.56 Å². The summed E-state index contributed by atoms with van der Waals surface area (Å²) in [5.74, 6) is -0.0691. The number of aromatic nitrogens is 2. The number of rotatable bonds is 3. The molecule has 0 atom stereocenters. The number of halogens is 1. The summed E-state index contributed by atoms with van der Waals surface area (Å²) in [7, 11) is 1.80. The molecule has 88 valence electrons. The summed E-state index contributed by atoms with van der Waals surface area (Å²) in [5.41, 5.74) is 1.63. The van der Waals surface area contributed by atoms with Crippen molar-refractivity contribution in [3.8, 4) is 0 Å². The van der Waals surface area contributed by atoms with Gasteiger partial charge in [0.1, 0.15) is 0 Å². The van der Waals surface area contributed by atoms with Gasteiger partial charge in [-0.2, -0.15) is 5.10 Å². The van der Waals surface area contributed by atoms with Crippen LogP contribution in [0.15, 0.2) is 36.7 Å². The fraction of sp³-hybridized carbons (Fsp3) is 0.167. The van der Waals surface area contributed by atoms with E-state index in [4.69, 9.17) is 11.6 Å². The molecule has 0 saturated heterocycles. The van der Waals surface area contributed by atoms with Gasteiger partial charge in [-0.3, -0.25) is 9.48 Å². The summed E-state index contributed by atoms with van der Waals surface area (Å²) in [5, 5.41) is 7.41. The second-order valence-corrected chi connectivity index (χ2v) is 4.19. The normalized spacial score (nSPS) is 10.2. The van der Waals surface area contributed by atoms with Gasteiger partial charge in [-0.25, -0.2) is 0 Å². The van der Waals surface area contributed by atoms with E-state index >= 15 is 0 Å². The molecule has 17 heavy (non-hydrogen) atoms. The quantitative estimate of drug-likeness (QED) is 0.907. The highest BCUT2D eigenvalue weighted by Crippen LogP contribution is 2.11. The van der Waals surface area contributed by atoms with Crippen LogP contribution in [-0.4, -0.2) is 15.7 Å². The van der Waals surface area contributed by atoms with Crippen LogP contribution >= 0.6 is 11.6 Å². The first-order chi connectivity index (χ1) is 8.13. The summed E-state index contributed by atoms with van der Waals surface area (Å²) in [4.78, 5) is 11.7. The number of anilines is 1. The van der Waals surface area contributed by atoms with Gasteiger partial charge in [-0.1, -0.05) is 23.7 Å². The van der Waals surface area contributed by atoms with Gasteiger partial charge in [0.15, 0.2) is 0 Å². The highest BCUT2D eigenvalue weighted by Gasteiger charge is 2.05. The summed E-state index contributed by atoms with van der Waals surface area (Å²) < 4.78 is 1.64. The maximum absolute atomic E-state index is 11.7. The minimum Gasteiger partial charge on any atom is -0.323 e. The lowest BCUT2D eigenvalue weighted by Gasteiger charge is -2.02. The highest BCUT2D eigenvalue weighted by molar-refractivity contribution is 6.30. The Labute approximate surface area is 104 Å². The number of benzene rings is 1. The second-order valence-electron chi connectivity index (χ2n) is 3.75. The Hall–Kier alpha value is -1.81. The lowest BCUT2D eigenvalue weighted by atomic mass is 10.1. The fourth-order valence-electron chi connectivity index (χ4n) is 1.48. The topological polar surface area (TPSA) is 46.9 Å². The number of hydrogen-bond acceptors (Lipinski definition) is 2. The van der Waals surface area contributed by atoms with Crippen molar-refractivity contribution in [2.75, 3.05) is 5.32 Å². The van der Waals surface area contributed by atoms with Crippen molar-refractivity contribution >= 4 is 23.2 Å². The molecule has 0 aliphatic carbocycles. The summed E-state index contributed by atoms with van der Waals surface area (Å²) in [6.07, 6.45) is 3.69. The third kappa shape index (κ3) is 3.32. The fourth-order valence-corrected chi connectivity index (χ4v) is 1.60. The van der Waals surface area contributed by atoms with Crippen LogP contribution in [0.25, 0.3) is 0 Å². The Morgan fingerprint density at radius 1 is 1.41 bits per heavy atom. The Balaban J connectivity index is 1.95. The van der Waals surface area contributed by atoms with E-state index in [0.29, 0.717) is 17.1 Å². The molecule has 1 heterocycles. The smallest absolute Gasteiger partial charge is 0.228 e. The van der Waals surface area contributed by atoms with E-state index in [1.807, 2.05) is 12.1 Å². The lowest BCUT2D eigenvalue weighted by Crippen LogP contribution is -2.13. The molecule has 2 rings (SSSR count). The molecule has 5 heteroatoms. The average molecular weight is 250 g/mol. The third-order valence-corrected chi connectivity index (χ3v) is 2.52. The van der Waals surface area contributed by atoms with Gasteiger partial charge in [0.05, 0.1) is 18.3 Å². The van der Waals surface area contributed by atoms with Gasteiger partial charge in [0.25, 0.3) is 0 Å². The second kappa shape index (κ2) is 5.01. The molecule has 2 aromatic rings. The number of carbonyl (C=O) groups excluding carboxylic acids is 1. The molecular weight excluding hydrogens is 238 g/mol. The highest BCUT2D eigenvalue weighted by atomic mass is 35.5. The Morgan fingerprint density at radius 3 is 2.71 bits per heavy atom. The van der Waals surface area contributed by atoms with Gasteiger partial charge in [0.2, 0.25) is 5.91 Å². The Kier molecular flexibility index (Phi) is 3.44. The van der Waals surface area contributed by atoms with E-state index in [1.54, 1.807) is 36.3 Å². The maximum atomic E-state index is 11.7. The number of hydrogen-bond donors (Lipinski definition) is 1. The Bertz CT molecular complexity index is 519. The SMILES string of the molecule is Cn1cc(NC(=O)Cc2ccc(Cl)cc2)cn1. The van der Waals surface area contributed by atoms with Gasteiger partial charge in [-0.15, -0.1) is 0 Å². The zero-order valence-corrected chi connectivity index (χ0v) is 10.1. The van der Waals surface area contributed by atoms with Gasteiger partial charge >= 0.3 is 0 Å². The van der Waals surface area contributed by atoms with Crippen molar-refractivity contribution in [2.45, 2.75) is 6.42 Å². The van der Waals surface area contributed by atoms with E-state index in [9.17, 15) is 4.79 Å². The molecule has 1 N–H and O–H groups in total. The molecule has 0 fully saturated rings.